The number of anilines is 3. The molecule has 8 nitrogen and oxygen atoms in total. The predicted octanol–water partition coefficient (Wildman–Crippen LogP) is 3.93. The molecule has 1 aliphatic heterocycles. The van der Waals surface area contributed by atoms with Gasteiger partial charge in [0.2, 0.25) is 5.95 Å². The summed E-state index contributed by atoms with van der Waals surface area (Å²) in [5.74, 6) is 1.10. The van der Waals surface area contributed by atoms with E-state index >= 15 is 0 Å². The first-order valence-electron chi connectivity index (χ1n) is 11.6. The summed E-state index contributed by atoms with van der Waals surface area (Å²) >= 11 is 1.72. The van der Waals surface area contributed by atoms with Gasteiger partial charge in [-0.2, -0.15) is 4.98 Å². The smallest absolute Gasteiger partial charge is 0.263 e. The van der Waals surface area contributed by atoms with E-state index in [1.54, 1.807) is 22.4 Å². The molecule has 0 saturated carbocycles. The Kier molecular flexibility index (Phi) is 8.10. The molecule has 0 unspecified atom stereocenters. The van der Waals surface area contributed by atoms with E-state index in [1.807, 2.05) is 50.2 Å². The van der Waals surface area contributed by atoms with Crippen molar-refractivity contribution >= 4 is 34.7 Å². The Hall–Kier alpha value is -3.01. The number of nitrogens with zero attached hydrogens (tertiary/aromatic N) is 4. The van der Waals surface area contributed by atoms with Gasteiger partial charge in [-0.3, -0.25) is 4.79 Å². The number of benzene rings is 1. The number of carbonyl (C=O) groups excluding carboxylic acids is 1. The van der Waals surface area contributed by atoms with Crippen LogP contribution in [0.25, 0.3) is 0 Å². The Bertz CT molecular complexity index is 1090. The van der Waals surface area contributed by atoms with E-state index in [0.717, 1.165) is 30.8 Å². The number of thiophene rings is 1. The lowest BCUT2D eigenvalue weighted by molar-refractivity contribution is 0.0367. The van der Waals surface area contributed by atoms with Crippen LogP contribution in [0.5, 0.6) is 0 Å². The summed E-state index contributed by atoms with van der Waals surface area (Å²) < 4.78 is 6.31. The summed E-state index contributed by atoms with van der Waals surface area (Å²) in [4.78, 5) is 27.4. The molecule has 2 aromatic heterocycles. The van der Waals surface area contributed by atoms with E-state index in [0.29, 0.717) is 37.0 Å². The van der Waals surface area contributed by atoms with E-state index in [-0.39, 0.29) is 12.0 Å². The van der Waals surface area contributed by atoms with E-state index in [9.17, 15) is 4.79 Å². The molecular weight excluding hydrogens is 448 g/mol. The minimum absolute atomic E-state index is 0.0412. The van der Waals surface area contributed by atoms with Gasteiger partial charge in [-0.15, -0.1) is 11.3 Å². The number of nitrogens with one attached hydrogen (secondary N) is 2. The van der Waals surface area contributed by atoms with Crippen LogP contribution >= 0.6 is 11.3 Å². The van der Waals surface area contributed by atoms with Crippen LogP contribution in [0.1, 0.15) is 40.2 Å². The topological polar surface area (TPSA) is 82.6 Å². The van der Waals surface area contributed by atoms with Crippen LogP contribution in [-0.2, 0) is 11.3 Å². The highest BCUT2D eigenvalue weighted by Crippen LogP contribution is 2.29. The van der Waals surface area contributed by atoms with Crippen molar-refractivity contribution in [3.63, 3.8) is 0 Å². The number of fused-ring (bicyclic) bond motifs is 1. The van der Waals surface area contributed by atoms with E-state index in [2.05, 4.69) is 38.1 Å². The van der Waals surface area contributed by atoms with Crippen molar-refractivity contribution < 1.29 is 9.53 Å². The molecule has 0 aliphatic carbocycles. The number of likely N-dealkylation sites (N-methyl/N-ethyl adjacent to an activating group) is 1. The van der Waals surface area contributed by atoms with Gasteiger partial charge in [-0.25, -0.2) is 4.98 Å². The quantitative estimate of drug-likeness (QED) is 0.455. The Morgan fingerprint density at radius 1 is 1.24 bits per heavy atom. The molecule has 1 amide bonds. The summed E-state index contributed by atoms with van der Waals surface area (Å²) in [6, 6.07) is 12.2. The number of aromatic nitrogens is 2. The summed E-state index contributed by atoms with van der Waals surface area (Å²) in [5.41, 5.74) is 2.40. The zero-order valence-corrected chi connectivity index (χ0v) is 20.8. The maximum Gasteiger partial charge on any atom is 0.263 e. The highest BCUT2D eigenvalue weighted by Gasteiger charge is 2.28. The van der Waals surface area contributed by atoms with Crippen LogP contribution in [0.3, 0.4) is 0 Å². The minimum Gasteiger partial charge on any atom is -0.368 e. The molecule has 180 valence electrons. The standard InChI is InChI=1S/C25H32N6O2S/c1-4-27-25-28-16-20-23(29-25)30(3)12-13-31(24(20)32)19-8-5-7-18(15-19)17-33-21(10-11-26-2)22-9-6-14-34-22/h5-9,14-16,21,26H,4,10-13,17H2,1-3H3,(H,27,28,29)/t21-/m0/s1. The average molecular weight is 481 g/mol. The molecule has 0 fully saturated rings. The summed E-state index contributed by atoms with van der Waals surface area (Å²) in [6.07, 6.45) is 2.57. The molecule has 1 aromatic carbocycles. The van der Waals surface area contributed by atoms with Gasteiger partial charge in [-0.1, -0.05) is 18.2 Å². The summed E-state index contributed by atoms with van der Waals surface area (Å²) in [7, 11) is 3.91. The van der Waals surface area contributed by atoms with E-state index in [1.165, 1.54) is 4.88 Å². The first-order chi connectivity index (χ1) is 16.6. The van der Waals surface area contributed by atoms with E-state index in [4.69, 9.17) is 4.74 Å². The van der Waals surface area contributed by atoms with Gasteiger partial charge in [0.1, 0.15) is 11.4 Å². The third kappa shape index (κ3) is 5.55. The molecule has 4 rings (SSSR count). The van der Waals surface area contributed by atoms with Crippen molar-refractivity contribution in [1.82, 2.24) is 15.3 Å². The van der Waals surface area contributed by atoms with Crippen molar-refractivity contribution in [3.05, 3.63) is 64.0 Å². The van der Waals surface area contributed by atoms with E-state index < -0.39 is 0 Å². The zero-order valence-electron chi connectivity index (χ0n) is 20.0. The van der Waals surface area contributed by atoms with Crippen molar-refractivity contribution in [1.29, 1.82) is 0 Å². The first kappa shape index (κ1) is 24.1. The molecule has 34 heavy (non-hydrogen) atoms. The molecule has 2 N–H and O–H groups in total. The van der Waals surface area contributed by atoms with Crippen molar-refractivity contribution in [2.45, 2.75) is 26.1 Å². The highest BCUT2D eigenvalue weighted by molar-refractivity contribution is 7.10. The molecule has 1 atom stereocenters. The predicted molar refractivity (Wildman–Crippen MR) is 138 cm³/mol. The van der Waals surface area contributed by atoms with Gasteiger partial charge in [0, 0.05) is 43.4 Å². The minimum atomic E-state index is -0.0917. The third-order valence-corrected chi connectivity index (χ3v) is 6.75. The second-order valence-corrected chi connectivity index (χ2v) is 9.20. The summed E-state index contributed by atoms with van der Waals surface area (Å²) in [5, 5.41) is 8.40. The second-order valence-electron chi connectivity index (χ2n) is 8.22. The average Bonchev–Trinajstić information content (AvgIpc) is 3.35. The molecule has 0 spiro atoms. The highest BCUT2D eigenvalue weighted by atomic mass is 32.1. The molecule has 9 heteroatoms. The van der Waals surface area contributed by atoms with Crippen molar-refractivity contribution in [2.24, 2.45) is 0 Å². The van der Waals surface area contributed by atoms with Gasteiger partial charge in [-0.05, 0) is 56.1 Å². The van der Waals surface area contributed by atoms with Crippen LogP contribution < -0.4 is 20.4 Å². The largest absolute Gasteiger partial charge is 0.368 e. The van der Waals surface area contributed by atoms with Gasteiger partial charge >= 0.3 is 0 Å². The lowest BCUT2D eigenvalue weighted by Crippen LogP contribution is -2.33. The molecule has 0 radical (unpaired) electrons. The lowest BCUT2D eigenvalue weighted by atomic mass is 10.1. The molecule has 3 heterocycles. The Balaban J connectivity index is 1.52. The van der Waals surface area contributed by atoms with Gasteiger partial charge in [0.05, 0.1) is 12.7 Å². The molecule has 3 aromatic rings. The molecule has 0 saturated heterocycles. The SMILES string of the molecule is CCNc1ncc2c(n1)N(C)CCN(c1cccc(CO[C@@H](CCNC)c3cccs3)c1)C2=O. The molecular formula is C25H32N6O2S. The number of hydrogen-bond donors (Lipinski definition) is 2. The van der Waals surface area contributed by atoms with Crippen LogP contribution in [0.15, 0.2) is 48.0 Å². The third-order valence-electron chi connectivity index (χ3n) is 5.79. The Morgan fingerprint density at radius 2 is 2.12 bits per heavy atom. The first-order valence-corrected chi connectivity index (χ1v) is 12.5. The van der Waals surface area contributed by atoms with Crippen LogP contribution in [-0.4, -0.2) is 56.1 Å². The second kappa shape index (κ2) is 11.4. The monoisotopic (exact) mass is 480 g/mol. The van der Waals surface area contributed by atoms with Gasteiger partial charge in [0.25, 0.3) is 5.91 Å². The number of amides is 1. The fraction of sp³-hybridized carbons (Fsp3) is 0.400. The summed E-state index contributed by atoms with van der Waals surface area (Å²) in [6.45, 7) is 5.31. The maximum atomic E-state index is 13.5. The molecule has 0 bridgehead atoms. The number of ether oxygens (including phenoxy) is 1. The van der Waals surface area contributed by atoms with Gasteiger partial charge < -0.3 is 25.2 Å². The van der Waals surface area contributed by atoms with Gasteiger partial charge in [0.15, 0.2) is 0 Å². The van der Waals surface area contributed by atoms with Crippen LogP contribution in [0.2, 0.25) is 0 Å². The maximum absolute atomic E-state index is 13.5. The Labute approximate surface area is 205 Å². The van der Waals surface area contributed by atoms with Crippen LogP contribution in [0, 0.1) is 0 Å². The number of carbonyl (C=O) groups is 1. The fourth-order valence-electron chi connectivity index (χ4n) is 3.98. The zero-order chi connectivity index (χ0) is 23.9. The fourth-order valence-corrected chi connectivity index (χ4v) is 4.78. The number of hydrogen-bond acceptors (Lipinski definition) is 8. The lowest BCUT2D eigenvalue weighted by Gasteiger charge is -2.22. The Morgan fingerprint density at radius 3 is 2.88 bits per heavy atom. The van der Waals surface area contributed by atoms with Crippen LogP contribution in [0.4, 0.5) is 17.5 Å². The van der Waals surface area contributed by atoms with Crippen molar-refractivity contribution in [3.8, 4) is 0 Å². The molecule has 1 aliphatic rings. The normalized spacial score (nSPS) is 14.6. The van der Waals surface area contributed by atoms with Crippen molar-refractivity contribution in [2.75, 3.05) is 55.4 Å². The number of rotatable bonds is 10.